The lowest BCUT2D eigenvalue weighted by Crippen LogP contribution is -2.04. The zero-order valence-electron chi connectivity index (χ0n) is 10.4. The van der Waals surface area contributed by atoms with Gasteiger partial charge in [0, 0.05) is 6.42 Å². The topological polar surface area (TPSA) is 0 Å². The van der Waals surface area contributed by atoms with Gasteiger partial charge in [0.1, 0.15) is 5.83 Å². The zero-order valence-corrected chi connectivity index (χ0v) is 10.4. The quantitative estimate of drug-likeness (QED) is 0.566. The first-order valence-electron chi connectivity index (χ1n) is 6.40. The maximum Gasteiger partial charge on any atom is 0.154 e. The van der Waals surface area contributed by atoms with E-state index in [2.05, 4.69) is 13.8 Å². The standard InChI is InChI=1S/C14H22F2/c1-3-5-11(6-4-2)9-12-7-8-13(15)14(16)10-12/h10-11H,3-9H2,1-2H3. The van der Waals surface area contributed by atoms with Gasteiger partial charge in [0.2, 0.25) is 0 Å². The normalized spacial score (nSPS) is 16.9. The van der Waals surface area contributed by atoms with Gasteiger partial charge >= 0.3 is 0 Å². The Labute approximate surface area is 97.4 Å². The third-order valence-corrected chi connectivity index (χ3v) is 3.20. The van der Waals surface area contributed by atoms with Gasteiger partial charge in [-0.15, -0.1) is 0 Å². The Morgan fingerprint density at radius 1 is 1.12 bits per heavy atom. The van der Waals surface area contributed by atoms with Crippen LogP contribution in [0.1, 0.15) is 58.8 Å². The Bertz CT molecular complexity index is 270. The van der Waals surface area contributed by atoms with E-state index in [1.807, 2.05) is 0 Å². The van der Waals surface area contributed by atoms with Crippen molar-refractivity contribution in [3.8, 4) is 0 Å². The van der Waals surface area contributed by atoms with Crippen LogP contribution >= 0.6 is 0 Å². The molecule has 16 heavy (non-hydrogen) atoms. The molecule has 0 aromatic carbocycles. The number of rotatable bonds is 6. The number of allylic oxidation sites excluding steroid dienone is 4. The molecule has 1 rings (SSSR count). The van der Waals surface area contributed by atoms with E-state index in [0.717, 1.165) is 12.0 Å². The molecule has 0 aromatic heterocycles. The summed E-state index contributed by atoms with van der Waals surface area (Å²) in [6, 6.07) is 0. The molecule has 0 atom stereocenters. The molecule has 0 saturated carbocycles. The van der Waals surface area contributed by atoms with Crippen LogP contribution in [0.4, 0.5) is 8.78 Å². The van der Waals surface area contributed by atoms with Crippen LogP contribution in [0.25, 0.3) is 0 Å². The number of hydrogen-bond donors (Lipinski definition) is 0. The molecule has 0 aromatic rings. The van der Waals surface area contributed by atoms with Crippen molar-refractivity contribution in [3.05, 3.63) is 23.3 Å². The van der Waals surface area contributed by atoms with Gasteiger partial charge in [-0.05, 0) is 24.8 Å². The second-order valence-electron chi connectivity index (χ2n) is 4.70. The fourth-order valence-corrected chi connectivity index (χ4v) is 2.42. The molecule has 2 heteroatoms. The average molecular weight is 228 g/mol. The summed E-state index contributed by atoms with van der Waals surface area (Å²) < 4.78 is 25.9. The van der Waals surface area contributed by atoms with Crippen LogP contribution in [-0.4, -0.2) is 0 Å². The van der Waals surface area contributed by atoms with E-state index in [0.29, 0.717) is 12.3 Å². The summed E-state index contributed by atoms with van der Waals surface area (Å²) in [5.41, 5.74) is 1.09. The summed E-state index contributed by atoms with van der Waals surface area (Å²) in [4.78, 5) is 0. The minimum Gasteiger partial charge on any atom is -0.209 e. The first kappa shape index (κ1) is 13.4. The highest BCUT2D eigenvalue weighted by atomic mass is 19.2. The SMILES string of the molecule is CCCC(CCC)CC1=CC(F)=C(F)CC1. The molecule has 1 aliphatic rings. The summed E-state index contributed by atoms with van der Waals surface area (Å²) in [6.45, 7) is 4.36. The van der Waals surface area contributed by atoms with Gasteiger partial charge in [-0.2, -0.15) is 0 Å². The van der Waals surface area contributed by atoms with Crippen LogP contribution in [0.2, 0.25) is 0 Å². The van der Waals surface area contributed by atoms with Crippen LogP contribution < -0.4 is 0 Å². The van der Waals surface area contributed by atoms with Crippen molar-refractivity contribution in [3.63, 3.8) is 0 Å². The van der Waals surface area contributed by atoms with Gasteiger partial charge in [-0.25, -0.2) is 8.78 Å². The third-order valence-electron chi connectivity index (χ3n) is 3.20. The van der Waals surface area contributed by atoms with E-state index >= 15 is 0 Å². The molecule has 0 aliphatic heterocycles. The Kier molecular flexibility index (Phi) is 5.72. The van der Waals surface area contributed by atoms with E-state index < -0.39 is 11.7 Å². The summed E-state index contributed by atoms with van der Waals surface area (Å²) in [5.74, 6) is -0.575. The lowest BCUT2D eigenvalue weighted by molar-refractivity contribution is 0.424. The summed E-state index contributed by atoms with van der Waals surface area (Å²) in [5, 5.41) is 0. The molecule has 0 saturated heterocycles. The zero-order chi connectivity index (χ0) is 12.0. The van der Waals surface area contributed by atoms with E-state index in [9.17, 15) is 8.78 Å². The van der Waals surface area contributed by atoms with E-state index in [1.54, 1.807) is 0 Å². The van der Waals surface area contributed by atoms with Crippen molar-refractivity contribution in [2.45, 2.75) is 58.8 Å². The molecule has 0 amide bonds. The highest BCUT2D eigenvalue weighted by Gasteiger charge is 2.16. The molecule has 0 unspecified atom stereocenters. The number of hydrogen-bond acceptors (Lipinski definition) is 0. The second kappa shape index (κ2) is 6.82. The van der Waals surface area contributed by atoms with Crippen LogP contribution in [0.3, 0.4) is 0 Å². The van der Waals surface area contributed by atoms with Crippen molar-refractivity contribution in [1.82, 2.24) is 0 Å². The van der Waals surface area contributed by atoms with E-state index in [-0.39, 0.29) is 6.42 Å². The first-order chi connectivity index (χ1) is 7.67. The molecular formula is C14H22F2. The molecule has 0 nitrogen and oxygen atoms in total. The average Bonchev–Trinajstić information content (AvgIpc) is 2.24. The molecule has 0 fully saturated rings. The summed E-state index contributed by atoms with van der Waals surface area (Å²) >= 11 is 0. The van der Waals surface area contributed by atoms with Crippen molar-refractivity contribution >= 4 is 0 Å². The molecule has 0 N–H and O–H groups in total. The van der Waals surface area contributed by atoms with Gasteiger partial charge in [-0.1, -0.05) is 45.1 Å². The third kappa shape index (κ3) is 4.07. The van der Waals surface area contributed by atoms with Crippen molar-refractivity contribution in [2.75, 3.05) is 0 Å². The molecule has 0 spiro atoms. The fourth-order valence-electron chi connectivity index (χ4n) is 2.42. The van der Waals surface area contributed by atoms with Gasteiger partial charge in [0.25, 0.3) is 0 Å². The Balaban J connectivity index is 2.55. The lowest BCUT2D eigenvalue weighted by atomic mass is 9.88. The van der Waals surface area contributed by atoms with E-state index in [1.165, 1.54) is 31.8 Å². The van der Waals surface area contributed by atoms with Crippen molar-refractivity contribution in [2.24, 2.45) is 5.92 Å². The molecule has 1 aliphatic carbocycles. The first-order valence-corrected chi connectivity index (χ1v) is 6.40. The minimum absolute atomic E-state index is 0.253. The fraction of sp³-hybridized carbons (Fsp3) is 0.714. The largest absolute Gasteiger partial charge is 0.209 e. The predicted octanol–water partition coefficient (Wildman–Crippen LogP) is 5.46. The second-order valence-corrected chi connectivity index (χ2v) is 4.70. The highest BCUT2D eigenvalue weighted by molar-refractivity contribution is 5.26. The Hall–Kier alpha value is -0.660. The molecular weight excluding hydrogens is 206 g/mol. The van der Waals surface area contributed by atoms with Crippen molar-refractivity contribution < 1.29 is 8.78 Å². The molecule has 92 valence electrons. The Morgan fingerprint density at radius 2 is 1.75 bits per heavy atom. The maximum absolute atomic E-state index is 13.1. The van der Waals surface area contributed by atoms with Crippen LogP contribution in [-0.2, 0) is 0 Å². The minimum atomic E-state index is -0.645. The van der Waals surface area contributed by atoms with Gasteiger partial charge < -0.3 is 0 Å². The predicted molar refractivity (Wildman–Crippen MR) is 64.5 cm³/mol. The maximum atomic E-state index is 13.1. The van der Waals surface area contributed by atoms with Crippen LogP contribution in [0.15, 0.2) is 23.3 Å². The van der Waals surface area contributed by atoms with Crippen molar-refractivity contribution in [1.29, 1.82) is 0 Å². The van der Waals surface area contributed by atoms with Crippen LogP contribution in [0.5, 0.6) is 0 Å². The van der Waals surface area contributed by atoms with Gasteiger partial charge in [-0.3, -0.25) is 0 Å². The highest BCUT2D eigenvalue weighted by Crippen LogP contribution is 2.31. The van der Waals surface area contributed by atoms with Gasteiger partial charge in [0.05, 0.1) is 0 Å². The Morgan fingerprint density at radius 3 is 2.25 bits per heavy atom. The van der Waals surface area contributed by atoms with Crippen LogP contribution in [0, 0.1) is 5.92 Å². The van der Waals surface area contributed by atoms with Gasteiger partial charge in [0.15, 0.2) is 5.83 Å². The molecule has 0 heterocycles. The molecule has 0 bridgehead atoms. The lowest BCUT2D eigenvalue weighted by Gasteiger charge is -2.19. The smallest absolute Gasteiger partial charge is 0.154 e. The summed E-state index contributed by atoms with van der Waals surface area (Å²) in [6.07, 6.45) is 8.04. The monoisotopic (exact) mass is 228 g/mol. The summed E-state index contributed by atoms with van der Waals surface area (Å²) in [7, 11) is 0. The van der Waals surface area contributed by atoms with E-state index in [4.69, 9.17) is 0 Å². The number of halogens is 2. The molecule has 0 radical (unpaired) electrons.